The van der Waals surface area contributed by atoms with Gasteiger partial charge < -0.3 is 9.30 Å². The number of hydrogen-bond donors (Lipinski definition) is 0. The minimum absolute atomic E-state index is 0.0121. The topological polar surface area (TPSA) is 64.4 Å². The van der Waals surface area contributed by atoms with Crippen molar-refractivity contribution in [2.24, 2.45) is 0 Å². The van der Waals surface area contributed by atoms with E-state index in [4.69, 9.17) is 4.74 Å². The van der Waals surface area contributed by atoms with Gasteiger partial charge in [-0.05, 0) is 28.7 Å². The fourth-order valence-corrected chi connectivity index (χ4v) is 5.67. The molecule has 0 saturated carbocycles. The van der Waals surface area contributed by atoms with Crippen LogP contribution < -0.4 is 0 Å². The molecule has 1 fully saturated rings. The Morgan fingerprint density at radius 3 is 1.80 bits per heavy atom. The molecule has 2 amide bonds. The molecule has 0 unspecified atom stereocenters. The molecule has 1 saturated heterocycles. The summed E-state index contributed by atoms with van der Waals surface area (Å²) in [7, 11) is 0. The number of amides is 2. The Balaban J connectivity index is 1.36. The Morgan fingerprint density at radius 1 is 0.775 bits per heavy atom. The maximum atomic E-state index is 13.5. The van der Waals surface area contributed by atoms with Crippen LogP contribution in [0.25, 0.3) is 0 Å². The first-order valence-electron chi connectivity index (χ1n) is 13.4. The molecular weight excluding hydrogens is 498 g/mol. The summed E-state index contributed by atoms with van der Waals surface area (Å²) >= 11 is 0. The van der Waals surface area contributed by atoms with Gasteiger partial charge in [0.05, 0.1) is 24.5 Å². The smallest absolute Gasteiger partial charge is 0.416 e. The molecule has 0 N–H and O–H groups in total. The molecule has 2 heterocycles. The van der Waals surface area contributed by atoms with Crippen LogP contribution in [0.3, 0.4) is 0 Å². The van der Waals surface area contributed by atoms with Crippen molar-refractivity contribution in [3.05, 3.63) is 162 Å². The third kappa shape index (κ3) is 4.69. The summed E-state index contributed by atoms with van der Waals surface area (Å²) in [5.41, 5.74) is 4.10. The number of aromatic nitrogens is 2. The highest BCUT2D eigenvalue weighted by Gasteiger charge is 2.40. The molecule has 1 aliphatic rings. The van der Waals surface area contributed by atoms with E-state index in [1.54, 1.807) is 6.33 Å². The number of cyclic esters (lactones) is 1. The van der Waals surface area contributed by atoms with Gasteiger partial charge in [-0.1, -0.05) is 121 Å². The Morgan fingerprint density at radius 2 is 1.27 bits per heavy atom. The van der Waals surface area contributed by atoms with Crippen molar-refractivity contribution in [1.29, 1.82) is 0 Å². The molecule has 0 bridgehead atoms. The van der Waals surface area contributed by atoms with Gasteiger partial charge in [0.25, 0.3) is 0 Å². The normalized spacial score (nSPS) is 15.2. The molecule has 198 valence electrons. The van der Waals surface area contributed by atoms with E-state index in [1.165, 1.54) is 4.90 Å². The number of benzene rings is 4. The van der Waals surface area contributed by atoms with Gasteiger partial charge in [0.2, 0.25) is 5.91 Å². The van der Waals surface area contributed by atoms with Crippen molar-refractivity contribution < 1.29 is 14.3 Å². The van der Waals surface area contributed by atoms with Crippen LogP contribution in [-0.4, -0.2) is 39.1 Å². The van der Waals surface area contributed by atoms with Gasteiger partial charge in [-0.3, -0.25) is 4.79 Å². The second kappa shape index (κ2) is 11.0. The van der Waals surface area contributed by atoms with Gasteiger partial charge in [-0.2, -0.15) is 0 Å². The largest absolute Gasteiger partial charge is 0.447 e. The van der Waals surface area contributed by atoms with Gasteiger partial charge in [0.15, 0.2) is 0 Å². The second-order valence-corrected chi connectivity index (χ2v) is 9.94. The van der Waals surface area contributed by atoms with Crippen molar-refractivity contribution in [1.82, 2.24) is 14.5 Å². The van der Waals surface area contributed by atoms with Crippen molar-refractivity contribution in [3.8, 4) is 0 Å². The van der Waals surface area contributed by atoms with E-state index in [-0.39, 0.29) is 25.0 Å². The molecule has 1 atom stereocenters. The maximum absolute atomic E-state index is 13.5. The van der Waals surface area contributed by atoms with Crippen molar-refractivity contribution >= 4 is 12.0 Å². The lowest BCUT2D eigenvalue weighted by atomic mass is 9.77. The molecule has 5 aromatic rings. The quantitative estimate of drug-likeness (QED) is 0.237. The standard InChI is InChI=1S/C34H29N3O3/c38-32(37-31(24-40-33(37)39)21-26-13-5-1-6-14-26)22-30-23-36(25-35-30)34(27-15-7-2-8-16-27,28-17-9-3-10-18-28)29-19-11-4-12-20-29/h1-20,23,25,31H,21-22,24H2/t31-/m1/s1. The summed E-state index contributed by atoms with van der Waals surface area (Å²) in [5, 5.41) is 0. The zero-order valence-corrected chi connectivity index (χ0v) is 22.0. The van der Waals surface area contributed by atoms with E-state index in [1.807, 2.05) is 91.1 Å². The average Bonchev–Trinajstić information content (AvgIpc) is 3.62. The van der Waals surface area contributed by atoms with Gasteiger partial charge in [-0.15, -0.1) is 0 Å². The molecule has 1 aromatic heterocycles. The summed E-state index contributed by atoms with van der Waals surface area (Å²) in [6.45, 7) is 0.188. The highest BCUT2D eigenvalue weighted by Crippen LogP contribution is 2.40. The molecule has 1 aliphatic heterocycles. The van der Waals surface area contributed by atoms with Crippen LogP contribution >= 0.6 is 0 Å². The molecule has 0 radical (unpaired) electrons. The molecule has 6 rings (SSSR count). The first kappa shape index (κ1) is 25.3. The number of carbonyl (C=O) groups excluding carboxylic acids is 2. The van der Waals surface area contributed by atoms with Gasteiger partial charge in [-0.25, -0.2) is 14.7 Å². The SMILES string of the molecule is O=C(Cc1cn(C(c2ccccc2)(c2ccccc2)c2ccccc2)cn1)N1C(=O)OC[C@H]1Cc1ccccc1. The lowest BCUT2D eigenvalue weighted by Gasteiger charge is -2.37. The zero-order chi connectivity index (χ0) is 27.4. The van der Waals surface area contributed by atoms with Crippen LogP contribution in [0, 0.1) is 0 Å². The minimum atomic E-state index is -0.722. The molecule has 0 aliphatic carbocycles. The predicted molar refractivity (Wildman–Crippen MR) is 153 cm³/mol. The summed E-state index contributed by atoms with van der Waals surface area (Å²) < 4.78 is 7.35. The lowest BCUT2D eigenvalue weighted by Crippen LogP contribution is -2.41. The van der Waals surface area contributed by atoms with E-state index in [0.717, 1.165) is 22.3 Å². The number of rotatable bonds is 8. The summed E-state index contributed by atoms with van der Waals surface area (Å²) in [4.78, 5) is 32.0. The zero-order valence-electron chi connectivity index (χ0n) is 22.0. The molecular formula is C34H29N3O3. The molecule has 6 nitrogen and oxygen atoms in total. The Hall–Kier alpha value is -4.97. The van der Waals surface area contributed by atoms with Crippen molar-refractivity contribution in [3.63, 3.8) is 0 Å². The van der Waals surface area contributed by atoms with Crippen molar-refractivity contribution in [2.45, 2.75) is 24.4 Å². The van der Waals surface area contributed by atoms with Crippen LogP contribution in [0.15, 0.2) is 134 Å². The van der Waals surface area contributed by atoms with E-state index in [2.05, 4.69) is 45.9 Å². The fraction of sp³-hybridized carbons (Fsp3) is 0.147. The lowest BCUT2D eigenvalue weighted by molar-refractivity contribution is -0.128. The Kier molecular flexibility index (Phi) is 6.98. The average molecular weight is 528 g/mol. The second-order valence-electron chi connectivity index (χ2n) is 9.94. The molecule has 0 spiro atoms. The number of imide groups is 1. The van der Waals surface area contributed by atoms with E-state index in [9.17, 15) is 9.59 Å². The van der Waals surface area contributed by atoms with E-state index >= 15 is 0 Å². The van der Waals surface area contributed by atoms with E-state index in [0.29, 0.717) is 12.1 Å². The highest BCUT2D eigenvalue weighted by atomic mass is 16.6. The summed E-state index contributed by atoms with van der Waals surface area (Å²) in [6.07, 6.45) is 3.63. The maximum Gasteiger partial charge on any atom is 0.416 e. The van der Waals surface area contributed by atoms with Crippen LogP contribution in [-0.2, 0) is 27.9 Å². The minimum Gasteiger partial charge on any atom is -0.447 e. The Labute approximate surface area is 233 Å². The van der Waals surface area contributed by atoms with Crippen LogP contribution in [0.5, 0.6) is 0 Å². The van der Waals surface area contributed by atoms with Crippen LogP contribution in [0.1, 0.15) is 27.9 Å². The third-order valence-corrected chi connectivity index (χ3v) is 7.47. The molecule has 40 heavy (non-hydrogen) atoms. The van der Waals surface area contributed by atoms with Crippen LogP contribution in [0.2, 0.25) is 0 Å². The van der Waals surface area contributed by atoms with Crippen molar-refractivity contribution in [2.75, 3.05) is 6.61 Å². The first-order chi connectivity index (χ1) is 19.7. The number of ether oxygens (including phenoxy) is 1. The van der Waals surface area contributed by atoms with Gasteiger partial charge >= 0.3 is 6.09 Å². The van der Waals surface area contributed by atoms with Crippen LogP contribution in [0.4, 0.5) is 4.79 Å². The summed E-state index contributed by atoms with van der Waals surface area (Å²) in [6, 6.07) is 40.3. The number of imidazole rings is 1. The highest BCUT2D eigenvalue weighted by molar-refractivity contribution is 5.94. The number of nitrogens with zero attached hydrogens (tertiary/aromatic N) is 3. The predicted octanol–water partition coefficient (Wildman–Crippen LogP) is 5.86. The third-order valence-electron chi connectivity index (χ3n) is 7.47. The summed E-state index contributed by atoms with van der Waals surface area (Å²) in [5.74, 6) is -0.321. The van der Waals surface area contributed by atoms with Gasteiger partial charge in [0, 0.05) is 6.20 Å². The van der Waals surface area contributed by atoms with Gasteiger partial charge in [0.1, 0.15) is 12.1 Å². The molecule has 4 aromatic carbocycles. The molecule has 6 heteroatoms. The monoisotopic (exact) mass is 527 g/mol. The fourth-order valence-electron chi connectivity index (χ4n) is 5.67. The number of carbonyl (C=O) groups is 2. The first-order valence-corrected chi connectivity index (χ1v) is 13.4. The van der Waals surface area contributed by atoms with E-state index < -0.39 is 11.6 Å². The Bertz CT molecular complexity index is 1490. The number of hydrogen-bond acceptors (Lipinski definition) is 4.